The highest BCUT2D eigenvalue weighted by atomic mass is 35.5. The number of nitrogens with zero attached hydrogens (tertiary/aromatic N) is 1. The number of thiophene rings is 1. The summed E-state index contributed by atoms with van der Waals surface area (Å²) in [5.41, 5.74) is 2.16. The Balaban J connectivity index is 1.65. The Kier molecular flexibility index (Phi) is 6.43. The van der Waals surface area contributed by atoms with Crippen molar-refractivity contribution in [3.05, 3.63) is 80.3 Å². The van der Waals surface area contributed by atoms with E-state index >= 15 is 4.39 Å². The molecular weight excluding hydrogens is 525 g/mol. The van der Waals surface area contributed by atoms with Crippen LogP contribution in [0.25, 0.3) is 21.3 Å². The number of ether oxygens (including phenoxy) is 1. The second-order valence-electron chi connectivity index (χ2n) is 9.72. The SMILES string of the molecule is CC(C)(C)c1c(C(=O)N[C@H]2CCOc3ccc(F)cc32)sc2c(-c3cc(Cl)cc(Cl)c3)c(F)cnc12. The van der Waals surface area contributed by atoms with Gasteiger partial charge in [0.2, 0.25) is 0 Å². The number of hydrogen-bond acceptors (Lipinski definition) is 4. The molecule has 0 unspecified atom stereocenters. The minimum atomic E-state index is -0.539. The molecule has 0 saturated carbocycles. The number of fused-ring (bicyclic) bond motifs is 2. The van der Waals surface area contributed by atoms with E-state index in [2.05, 4.69) is 10.3 Å². The molecule has 0 radical (unpaired) electrons. The summed E-state index contributed by atoms with van der Waals surface area (Å²) >= 11 is 13.6. The van der Waals surface area contributed by atoms with Crippen LogP contribution in [0.5, 0.6) is 5.75 Å². The van der Waals surface area contributed by atoms with E-state index in [4.69, 9.17) is 27.9 Å². The summed E-state index contributed by atoms with van der Waals surface area (Å²) in [6, 6.07) is 8.70. The quantitative estimate of drug-likeness (QED) is 0.282. The summed E-state index contributed by atoms with van der Waals surface area (Å²) < 4.78 is 35.3. The Morgan fingerprint density at radius 1 is 1.14 bits per heavy atom. The van der Waals surface area contributed by atoms with Gasteiger partial charge in [-0.3, -0.25) is 9.78 Å². The van der Waals surface area contributed by atoms with E-state index in [1.807, 2.05) is 20.8 Å². The lowest BCUT2D eigenvalue weighted by atomic mass is 9.85. The molecule has 0 fully saturated rings. The third-order valence-electron chi connectivity index (χ3n) is 6.08. The summed E-state index contributed by atoms with van der Waals surface area (Å²) in [5.74, 6) is -0.728. The normalized spacial score (nSPS) is 15.5. The zero-order valence-electron chi connectivity index (χ0n) is 19.7. The van der Waals surface area contributed by atoms with Crippen molar-refractivity contribution in [2.45, 2.75) is 38.6 Å². The second kappa shape index (κ2) is 9.29. The fourth-order valence-corrected chi connectivity index (χ4v) is 6.53. The van der Waals surface area contributed by atoms with Crippen molar-refractivity contribution < 1.29 is 18.3 Å². The van der Waals surface area contributed by atoms with Crippen molar-refractivity contribution in [1.29, 1.82) is 0 Å². The van der Waals surface area contributed by atoms with Crippen molar-refractivity contribution in [3.63, 3.8) is 0 Å². The van der Waals surface area contributed by atoms with Gasteiger partial charge in [-0.15, -0.1) is 11.3 Å². The van der Waals surface area contributed by atoms with E-state index in [1.54, 1.807) is 24.3 Å². The zero-order chi connectivity index (χ0) is 25.8. The summed E-state index contributed by atoms with van der Waals surface area (Å²) in [7, 11) is 0. The molecule has 0 spiro atoms. The fourth-order valence-electron chi connectivity index (χ4n) is 4.57. The number of carbonyl (C=O) groups is 1. The summed E-state index contributed by atoms with van der Waals surface area (Å²) in [6.07, 6.45) is 1.66. The monoisotopic (exact) mass is 546 g/mol. The van der Waals surface area contributed by atoms with Crippen LogP contribution in [0, 0.1) is 11.6 Å². The van der Waals surface area contributed by atoms with Crippen LogP contribution in [0.15, 0.2) is 42.6 Å². The lowest BCUT2D eigenvalue weighted by Crippen LogP contribution is -2.33. The predicted octanol–water partition coefficient (Wildman–Crippen LogP) is 8.10. The highest BCUT2D eigenvalue weighted by Crippen LogP contribution is 2.44. The van der Waals surface area contributed by atoms with Crippen LogP contribution in [-0.2, 0) is 5.41 Å². The third kappa shape index (κ3) is 4.56. The Labute approximate surface area is 221 Å². The zero-order valence-corrected chi connectivity index (χ0v) is 22.0. The highest BCUT2D eigenvalue weighted by molar-refractivity contribution is 7.21. The molecule has 2 aromatic heterocycles. The number of benzene rings is 2. The Hall–Kier alpha value is -2.74. The van der Waals surface area contributed by atoms with Crippen LogP contribution >= 0.6 is 34.5 Å². The maximum absolute atomic E-state index is 15.2. The van der Waals surface area contributed by atoms with Crippen LogP contribution in [-0.4, -0.2) is 17.5 Å². The van der Waals surface area contributed by atoms with E-state index in [-0.39, 0.29) is 11.5 Å². The number of hydrogen-bond donors (Lipinski definition) is 1. The van der Waals surface area contributed by atoms with Crippen LogP contribution in [0.4, 0.5) is 8.78 Å². The van der Waals surface area contributed by atoms with Crippen molar-refractivity contribution in [2.75, 3.05) is 6.61 Å². The average Bonchev–Trinajstić information content (AvgIpc) is 3.19. The first-order valence-electron chi connectivity index (χ1n) is 11.3. The Morgan fingerprint density at radius 3 is 2.56 bits per heavy atom. The summed E-state index contributed by atoms with van der Waals surface area (Å²) in [5, 5.41) is 3.79. The van der Waals surface area contributed by atoms with E-state index in [0.29, 0.717) is 60.6 Å². The van der Waals surface area contributed by atoms with Gasteiger partial charge in [-0.2, -0.15) is 0 Å². The van der Waals surface area contributed by atoms with Crippen molar-refractivity contribution in [2.24, 2.45) is 0 Å². The molecule has 2 aromatic carbocycles. The minimum absolute atomic E-state index is 0.289. The topological polar surface area (TPSA) is 51.2 Å². The molecule has 4 nitrogen and oxygen atoms in total. The van der Waals surface area contributed by atoms with Gasteiger partial charge in [-0.1, -0.05) is 44.0 Å². The van der Waals surface area contributed by atoms with E-state index in [9.17, 15) is 9.18 Å². The van der Waals surface area contributed by atoms with Gasteiger partial charge in [-0.25, -0.2) is 8.78 Å². The average molecular weight is 547 g/mol. The Bertz CT molecular complexity index is 1490. The van der Waals surface area contributed by atoms with Crippen molar-refractivity contribution >= 4 is 50.7 Å². The van der Waals surface area contributed by atoms with Crippen molar-refractivity contribution in [1.82, 2.24) is 10.3 Å². The molecule has 1 atom stereocenters. The van der Waals surface area contributed by atoms with Gasteiger partial charge < -0.3 is 10.1 Å². The molecule has 1 N–H and O–H groups in total. The number of pyridine rings is 1. The van der Waals surface area contributed by atoms with Gasteiger partial charge in [0.15, 0.2) is 5.82 Å². The molecule has 4 aromatic rings. The van der Waals surface area contributed by atoms with E-state index in [0.717, 1.165) is 6.20 Å². The first kappa shape index (κ1) is 24.9. The lowest BCUT2D eigenvalue weighted by Gasteiger charge is -2.27. The number of amides is 1. The van der Waals surface area contributed by atoms with Crippen LogP contribution < -0.4 is 10.1 Å². The first-order chi connectivity index (χ1) is 17.0. The smallest absolute Gasteiger partial charge is 0.262 e. The molecular formula is C27H22Cl2F2N2O2S. The van der Waals surface area contributed by atoms with Gasteiger partial charge in [0.25, 0.3) is 5.91 Å². The molecule has 3 heterocycles. The maximum atomic E-state index is 15.2. The predicted molar refractivity (Wildman–Crippen MR) is 140 cm³/mol. The molecule has 1 aliphatic heterocycles. The number of carbonyl (C=O) groups excluding carboxylic acids is 1. The molecule has 0 aliphatic carbocycles. The van der Waals surface area contributed by atoms with Gasteiger partial charge in [0.1, 0.15) is 11.6 Å². The highest BCUT2D eigenvalue weighted by Gasteiger charge is 2.32. The number of rotatable bonds is 3. The molecule has 0 saturated heterocycles. The van der Waals surface area contributed by atoms with Gasteiger partial charge in [0.05, 0.1) is 33.9 Å². The molecule has 36 heavy (non-hydrogen) atoms. The molecule has 9 heteroatoms. The van der Waals surface area contributed by atoms with E-state index in [1.165, 1.54) is 23.5 Å². The molecule has 1 amide bonds. The van der Waals surface area contributed by atoms with Gasteiger partial charge in [-0.05, 0) is 47.4 Å². The van der Waals surface area contributed by atoms with Crippen LogP contribution in [0.3, 0.4) is 0 Å². The van der Waals surface area contributed by atoms with Crippen LogP contribution in [0.1, 0.15) is 54.0 Å². The van der Waals surface area contributed by atoms with Crippen molar-refractivity contribution in [3.8, 4) is 16.9 Å². The van der Waals surface area contributed by atoms with Gasteiger partial charge >= 0.3 is 0 Å². The fraction of sp³-hybridized carbons (Fsp3) is 0.259. The Morgan fingerprint density at radius 2 is 1.86 bits per heavy atom. The lowest BCUT2D eigenvalue weighted by molar-refractivity contribution is 0.0927. The molecule has 1 aliphatic rings. The standard InChI is InChI=1S/C27H22Cl2F2N2O2S/c1-27(2,3)22-23-24(21(18(31)12-32-23)13-8-14(28)10-15(29)9-13)36-25(22)26(34)33-19-6-7-35-20-5-4-16(30)11-17(19)20/h4-5,8-12,19H,6-7H2,1-3H3,(H,33,34)/t19-/m0/s1. The number of nitrogens with one attached hydrogen (secondary N) is 1. The van der Waals surface area contributed by atoms with Crippen LogP contribution in [0.2, 0.25) is 10.0 Å². The molecule has 5 rings (SSSR count). The number of aromatic nitrogens is 1. The maximum Gasteiger partial charge on any atom is 0.262 e. The molecule has 0 bridgehead atoms. The van der Waals surface area contributed by atoms with E-state index < -0.39 is 23.1 Å². The minimum Gasteiger partial charge on any atom is -0.493 e. The summed E-state index contributed by atoms with van der Waals surface area (Å²) in [4.78, 5) is 18.5. The number of halogens is 4. The first-order valence-corrected chi connectivity index (χ1v) is 12.9. The molecule has 186 valence electrons. The van der Waals surface area contributed by atoms with Gasteiger partial charge in [0, 0.05) is 33.2 Å². The largest absolute Gasteiger partial charge is 0.493 e. The second-order valence-corrected chi connectivity index (χ2v) is 11.6. The third-order valence-corrected chi connectivity index (χ3v) is 7.71. The summed E-state index contributed by atoms with van der Waals surface area (Å²) in [6.45, 7) is 6.33.